The number of nitrogens with two attached hydrogens (primary N) is 1. The van der Waals surface area contributed by atoms with E-state index in [-0.39, 0.29) is 29.4 Å². The number of ether oxygens (including phenoxy) is 1. The van der Waals surface area contributed by atoms with E-state index in [1.165, 1.54) is 9.47 Å². The molecule has 8 heteroatoms. The molecule has 0 saturated heterocycles. The van der Waals surface area contributed by atoms with Crippen LogP contribution in [0, 0.1) is 0 Å². The lowest BCUT2D eigenvalue weighted by Crippen LogP contribution is -2.41. The number of hydrogen-bond acceptors (Lipinski definition) is 5. The molecule has 1 aliphatic heterocycles. The lowest BCUT2D eigenvalue weighted by Gasteiger charge is -2.25. The first-order valence-corrected chi connectivity index (χ1v) is 10.6. The van der Waals surface area contributed by atoms with E-state index in [0.717, 1.165) is 12.0 Å². The average molecular weight is 415 g/mol. The first-order chi connectivity index (χ1) is 14.3. The number of rotatable bonds is 7. The Bertz CT molecular complexity index is 1060. The van der Waals surface area contributed by atoms with Gasteiger partial charge in [-0.3, -0.25) is 19.1 Å². The van der Waals surface area contributed by atoms with Crippen LogP contribution in [-0.2, 0) is 6.54 Å². The molecule has 1 amide bonds. The fourth-order valence-corrected chi connectivity index (χ4v) is 3.81. The molecule has 2 atom stereocenters. The molecule has 0 bridgehead atoms. The van der Waals surface area contributed by atoms with Crippen molar-refractivity contribution < 1.29 is 9.53 Å². The van der Waals surface area contributed by atoms with Crippen molar-refractivity contribution in [2.45, 2.75) is 65.5 Å². The van der Waals surface area contributed by atoms with Crippen LogP contribution in [0.5, 0.6) is 5.75 Å². The van der Waals surface area contributed by atoms with Crippen LogP contribution in [0.3, 0.4) is 0 Å². The number of aromatic amines is 1. The van der Waals surface area contributed by atoms with Crippen molar-refractivity contribution in [3.8, 4) is 5.75 Å². The molecule has 0 spiro atoms. The number of aromatic nitrogens is 2. The number of hydrogen-bond donors (Lipinski definition) is 2. The SMILES string of the molecule is CCCCN(C(=O)c1cccc2c1OC(C)C2C)c1c(N)n(CCC)c(=O)[nH]c1=O. The summed E-state index contributed by atoms with van der Waals surface area (Å²) in [5, 5.41) is 0. The van der Waals surface area contributed by atoms with Crippen LogP contribution in [0.2, 0.25) is 0 Å². The van der Waals surface area contributed by atoms with Gasteiger partial charge in [0.2, 0.25) is 0 Å². The van der Waals surface area contributed by atoms with Gasteiger partial charge in [-0.2, -0.15) is 0 Å². The summed E-state index contributed by atoms with van der Waals surface area (Å²) in [6.07, 6.45) is 2.13. The van der Waals surface area contributed by atoms with Gasteiger partial charge < -0.3 is 15.4 Å². The smallest absolute Gasteiger partial charge is 0.330 e. The minimum atomic E-state index is -0.662. The van der Waals surface area contributed by atoms with Gasteiger partial charge in [-0.15, -0.1) is 0 Å². The summed E-state index contributed by atoms with van der Waals surface area (Å²) >= 11 is 0. The van der Waals surface area contributed by atoms with E-state index in [1.807, 2.05) is 32.9 Å². The first kappa shape index (κ1) is 21.7. The molecule has 2 aromatic rings. The molecule has 0 radical (unpaired) electrons. The predicted molar refractivity (Wildman–Crippen MR) is 118 cm³/mol. The van der Waals surface area contributed by atoms with E-state index in [1.54, 1.807) is 6.07 Å². The number of nitrogens with one attached hydrogen (secondary N) is 1. The molecule has 8 nitrogen and oxygen atoms in total. The van der Waals surface area contributed by atoms with E-state index in [2.05, 4.69) is 11.9 Å². The third kappa shape index (κ3) is 3.74. The fourth-order valence-electron chi connectivity index (χ4n) is 3.81. The molecule has 0 aliphatic carbocycles. The van der Waals surface area contributed by atoms with Gasteiger partial charge in [0.05, 0.1) is 5.56 Å². The van der Waals surface area contributed by atoms with Crippen LogP contribution in [0.1, 0.15) is 68.8 Å². The van der Waals surface area contributed by atoms with Gasteiger partial charge in [-0.1, -0.05) is 39.3 Å². The van der Waals surface area contributed by atoms with Crippen LogP contribution in [-0.4, -0.2) is 28.1 Å². The fraction of sp³-hybridized carbons (Fsp3) is 0.500. The molecule has 2 unspecified atom stereocenters. The summed E-state index contributed by atoms with van der Waals surface area (Å²) in [4.78, 5) is 42.3. The zero-order chi connectivity index (χ0) is 22.0. The number of benzene rings is 1. The van der Waals surface area contributed by atoms with E-state index < -0.39 is 11.2 Å². The zero-order valence-electron chi connectivity index (χ0n) is 18.0. The van der Waals surface area contributed by atoms with Crippen molar-refractivity contribution in [1.29, 1.82) is 0 Å². The quantitative estimate of drug-likeness (QED) is 0.724. The molecular weight excluding hydrogens is 384 g/mol. The maximum Gasteiger partial charge on any atom is 0.330 e. The number of amides is 1. The lowest BCUT2D eigenvalue weighted by atomic mass is 9.96. The van der Waals surface area contributed by atoms with E-state index >= 15 is 0 Å². The third-order valence-corrected chi connectivity index (χ3v) is 5.69. The number of nitrogens with zero attached hydrogens (tertiary/aromatic N) is 2. The summed E-state index contributed by atoms with van der Waals surface area (Å²) < 4.78 is 7.29. The van der Waals surface area contributed by atoms with Crippen LogP contribution in [0.4, 0.5) is 11.5 Å². The molecule has 3 N–H and O–H groups in total. The Morgan fingerprint density at radius 1 is 1.23 bits per heavy atom. The molecule has 1 aromatic carbocycles. The zero-order valence-corrected chi connectivity index (χ0v) is 18.0. The van der Waals surface area contributed by atoms with Crippen molar-refractivity contribution >= 4 is 17.4 Å². The Kier molecular flexibility index (Phi) is 6.34. The lowest BCUT2D eigenvalue weighted by molar-refractivity contribution is 0.0981. The van der Waals surface area contributed by atoms with Gasteiger partial charge in [0.1, 0.15) is 17.7 Å². The summed E-state index contributed by atoms with van der Waals surface area (Å²) in [5.74, 6) is 0.364. The van der Waals surface area contributed by atoms with Gasteiger partial charge in [0, 0.05) is 24.6 Å². The highest BCUT2D eigenvalue weighted by Crippen LogP contribution is 2.41. The van der Waals surface area contributed by atoms with Crippen LogP contribution in [0.15, 0.2) is 27.8 Å². The van der Waals surface area contributed by atoms with Crippen molar-refractivity contribution in [1.82, 2.24) is 9.55 Å². The maximum atomic E-state index is 13.6. The van der Waals surface area contributed by atoms with E-state index in [0.29, 0.717) is 37.2 Å². The Labute approximate surface area is 175 Å². The Hall–Kier alpha value is -3.03. The number of nitrogen functional groups attached to an aromatic ring is 1. The predicted octanol–water partition coefficient (Wildman–Crippen LogP) is 2.86. The molecule has 3 rings (SSSR count). The van der Waals surface area contributed by atoms with Gasteiger partial charge >= 0.3 is 5.69 Å². The number of fused-ring (bicyclic) bond motifs is 1. The third-order valence-electron chi connectivity index (χ3n) is 5.69. The highest BCUT2D eigenvalue weighted by Gasteiger charge is 2.34. The maximum absolute atomic E-state index is 13.6. The average Bonchev–Trinajstić information content (AvgIpc) is 3.01. The normalized spacial score (nSPS) is 17.5. The number of carbonyl (C=O) groups excluding carboxylic acids is 1. The standard InChI is InChI=1S/C22H30N4O4/c1-5-7-12-25(17-19(23)26(11-6-2)22(29)24-20(17)27)21(28)16-10-8-9-15-13(3)14(4)30-18(15)16/h8-10,13-14H,5-7,11-12,23H2,1-4H3,(H,24,27,29). The van der Waals surface area contributed by atoms with Gasteiger partial charge in [0.25, 0.3) is 11.5 Å². The molecule has 30 heavy (non-hydrogen) atoms. The van der Waals surface area contributed by atoms with Crippen LogP contribution in [0.25, 0.3) is 0 Å². The van der Waals surface area contributed by atoms with Gasteiger partial charge in [0.15, 0.2) is 5.69 Å². The molecule has 162 valence electrons. The second-order valence-corrected chi connectivity index (χ2v) is 7.79. The second kappa shape index (κ2) is 8.77. The number of para-hydroxylation sites is 1. The van der Waals surface area contributed by atoms with Crippen LogP contribution < -0.4 is 26.6 Å². The highest BCUT2D eigenvalue weighted by atomic mass is 16.5. The van der Waals surface area contributed by atoms with Crippen molar-refractivity contribution in [3.63, 3.8) is 0 Å². The first-order valence-electron chi connectivity index (χ1n) is 10.6. The molecule has 0 fully saturated rings. The summed E-state index contributed by atoms with van der Waals surface area (Å²) in [6, 6.07) is 5.49. The second-order valence-electron chi connectivity index (χ2n) is 7.79. The molecular formula is C22H30N4O4. The molecule has 0 saturated carbocycles. The Balaban J connectivity index is 2.14. The van der Waals surface area contributed by atoms with E-state index in [9.17, 15) is 14.4 Å². The number of carbonyl (C=O) groups is 1. The summed E-state index contributed by atoms with van der Waals surface area (Å²) in [7, 11) is 0. The highest BCUT2D eigenvalue weighted by molar-refractivity contribution is 6.09. The van der Waals surface area contributed by atoms with Crippen LogP contribution >= 0.6 is 0 Å². The molecule has 2 heterocycles. The number of unbranched alkanes of at least 4 members (excludes halogenated alkanes) is 1. The molecule has 1 aromatic heterocycles. The van der Waals surface area contributed by atoms with Crippen molar-refractivity contribution in [3.05, 3.63) is 50.2 Å². The minimum absolute atomic E-state index is 0.00489. The Morgan fingerprint density at radius 2 is 1.97 bits per heavy atom. The summed E-state index contributed by atoms with van der Waals surface area (Å²) in [5.41, 5.74) is 6.38. The monoisotopic (exact) mass is 414 g/mol. The van der Waals surface area contributed by atoms with Crippen molar-refractivity contribution in [2.75, 3.05) is 17.2 Å². The van der Waals surface area contributed by atoms with Crippen molar-refractivity contribution in [2.24, 2.45) is 0 Å². The number of H-pyrrole nitrogens is 1. The largest absolute Gasteiger partial charge is 0.489 e. The Morgan fingerprint density at radius 3 is 2.63 bits per heavy atom. The van der Waals surface area contributed by atoms with E-state index in [4.69, 9.17) is 10.5 Å². The van der Waals surface area contributed by atoms with Gasteiger partial charge in [-0.25, -0.2) is 4.79 Å². The number of anilines is 2. The topological polar surface area (TPSA) is 110 Å². The molecule has 1 aliphatic rings. The minimum Gasteiger partial charge on any atom is -0.489 e. The van der Waals surface area contributed by atoms with Gasteiger partial charge in [-0.05, 0) is 25.8 Å². The summed E-state index contributed by atoms with van der Waals surface area (Å²) in [6.45, 7) is 8.59.